The molecule has 4 nitrogen and oxygen atoms in total. The van der Waals surface area contributed by atoms with Crippen molar-refractivity contribution in [3.05, 3.63) is 34.1 Å². The van der Waals surface area contributed by atoms with Gasteiger partial charge < -0.3 is 10.3 Å². The van der Waals surface area contributed by atoms with E-state index in [9.17, 15) is 0 Å². The summed E-state index contributed by atoms with van der Waals surface area (Å²) in [5.74, 6) is 2.10. The summed E-state index contributed by atoms with van der Waals surface area (Å²) < 4.78 is 5.23. The van der Waals surface area contributed by atoms with Gasteiger partial charge in [0.05, 0.1) is 0 Å². The van der Waals surface area contributed by atoms with Crippen LogP contribution in [-0.4, -0.2) is 16.2 Å². The van der Waals surface area contributed by atoms with Crippen molar-refractivity contribution in [3.63, 3.8) is 0 Å². The fourth-order valence-corrected chi connectivity index (χ4v) is 2.61. The average Bonchev–Trinajstić information content (AvgIpc) is 2.89. The summed E-state index contributed by atoms with van der Waals surface area (Å²) in [4.78, 5) is 5.64. The van der Waals surface area contributed by atoms with Crippen LogP contribution in [0.2, 0.25) is 0 Å². The SMILES string of the molecule is NC(Cc1nc(Cc2cccs2)no1)C1CC1. The highest BCUT2D eigenvalue weighted by atomic mass is 32.1. The van der Waals surface area contributed by atoms with Crippen molar-refractivity contribution in [1.29, 1.82) is 0 Å². The molecule has 5 heteroatoms. The van der Waals surface area contributed by atoms with Gasteiger partial charge in [-0.05, 0) is 30.2 Å². The molecule has 2 heterocycles. The second-order valence-corrected chi connectivity index (χ2v) is 5.60. The Morgan fingerprint density at radius 2 is 2.41 bits per heavy atom. The summed E-state index contributed by atoms with van der Waals surface area (Å²) >= 11 is 1.71. The summed E-state index contributed by atoms with van der Waals surface area (Å²) in [5.41, 5.74) is 6.03. The van der Waals surface area contributed by atoms with Gasteiger partial charge in [0.1, 0.15) is 0 Å². The first kappa shape index (κ1) is 10.9. The highest BCUT2D eigenvalue weighted by Gasteiger charge is 2.29. The van der Waals surface area contributed by atoms with Crippen LogP contribution in [0.5, 0.6) is 0 Å². The maximum atomic E-state index is 6.03. The van der Waals surface area contributed by atoms with Crippen LogP contribution < -0.4 is 5.73 Å². The van der Waals surface area contributed by atoms with Crippen molar-refractivity contribution in [2.45, 2.75) is 31.7 Å². The van der Waals surface area contributed by atoms with E-state index in [-0.39, 0.29) is 6.04 Å². The Morgan fingerprint density at radius 1 is 1.53 bits per heavy atom. The standard InChI is InChI=1S/C12H15N3OS/c13-10(8-3-4-8)7-12-14-11(15-16-12)6-9-2-1-5-17-9/h1-2,5,8,10H,3-4,6-7,13H2. The second kappa shape index (κ2) is 4.58. The Bertz CT molecular complexity index is 476. The molecule has 3 rings (SSSR count). The third kappa shape index (κ3) is 2.73. The van der Waals surface area contributed by atoms with Gasteiger partial charge in [0.15, 0.2) is 5.82 Å². The molecule has 17 heavy (non-hydrogen) atoms. The summed E-state index contributed by atoms with van der Waals surface area (Å²) in [6.45, 7) is 0. The lowest BCUT2D eigenvalue weighted by molar-refractivity contribution is 0.360. The molecule has 90 valence electrons. The van der Waals surface area contributed by atoms with Gasteiger partial charge in [-0.15, -0.1) is 11.3 Å². The van der Waals surface area contributed by atoms with Crippen LogP contribution >= 0.6 is 11.3 Å². The van der Waals surface area contributed by atoms with Gasteiger partial charge in [0.2, 0.25) is 5.89 Å². The van der Waals surface area contributed by atoms with E-state index in [0.717, 1.165) is 12.2 Å². The molecule has 1 aliphatic rings. The van der Waals surface area contributed by atoms with Crippen molar-refractivity contribution in [1.82, 2.24) is 10.1 Å². The lowest BCUT2D eigenvalue weighted by Gasteiger charge is -2.04. The van der Waals surface area contributed by atoms with Gasteiger partial charge >= 0.3 is 0 Å². The molecule has 0 saturated heterocycles. The summed E-state index contributed by atoms with van der Waals surface area (Å²) in [5, 5.41) is 6.04. The number of thiophene rings is 1. The largest absolute Gasteiger partial charge is 0.339 e. The molecule has 0 spiro atoms. The molecule has 2 N–H and O–H groups in total. The van der Waals surface area contributed by atoms with Crippen molar-refractivity contribution in [2.24, 2.45) is 11.7 Å². The quantitative estimate of drug-likeness (QED) is 0.880. The fraction of sp³-hybridized carbons (Fsp3) is 0.500. The Morgan fingerprint density at radius 3 is 3.12 bits per heavy atom. The molecule has 1 saturated carbocycles. The van der Waals surface area contributed by atoms with Gasteiger partial charge in [-0.25, -0.2) is 0 Å². The number of hydrogen-bond acceptors (Lipinski definition) is 5. The Labute approximate surface area is 104 Å². The fourth-order valence-electron chi connectivity index (χ4n) is 1.91. The van der Waals surface area contributed by atoms with Gasteiger partial charge in [-0.1, -0.05) is 11.2 Å². The first-order chi connectivity index (χ1) is 8.31. The molecule has 1 unspecified atom stereocenters. The Hall–Kier alpha value is -1.20. The predicted octanol–water partition coefficient (Wildman–Crippen LogP) is 2.00. The number of nitrogens with zero attached hydrogens (tertiary/aromatic N) is 2. The number of nitrogens with two attached hydrogens (primary N) is 1. The first-order valence-electron chi connectivity index (χ1n) is 5.90. The van der Waals surface area contributed by atoms with Gasteiger partial charge in [-0.2, -0.15) is 4.98 Å². The zero-order valence-electron chi connectivity index (χ0n) is 9.50. The topological polar surface area (TPSA) is 64.9 Å². The smallest absolute Gasteiger partial charge is 0.228 e. The molecular formula is C12H15N3OS. The molecule has 0 aromatic carbocycles. The number of hydrogen-bond donors (Lipinski definition) is 1. The molecule has 2 aromatic heterocycles. The monoisotopic (exact) mass is 249 g/mol. The van der Waals surface area contributed by atoms with Crippen molar-refractivity contribution < 1.29 is 4.52 Å². The van der Waals surface area contributed by atoms with E-state index >= 15 is 0 Å². The molecule has 1 aliphatic carbocycles. The molecule has 0 aliphatic heterocycles. The zero-order valence-corrected chi connectivity index (χ0v) is 10.3. The average molecular weight is 249 g/mol. The van der Waals surface area contributed by atoms with Crippen molar-refractivity contribution in [3.8, 4) is 0 Å². The van der Waals surface area contributed by atoms with Gasteiger partial charge in [0, 0.05) is 23.8 Å². The van der Waals surface area contributed by atoms with E-state index in [1.165, 1.54) is 17.7 Å². The normalized spacial score (nSPS) is 17.2. The van der Waals surface area contributed by atoms with Crippen LogP contribution in [0.3, 0.4) is 0 Å². The van der Waals surface area contributed by atoms with Crippen LogP contribution in [0.25, 0.3) is 0 Å². The summed E-state index contributed by atoms with van der Waals surface area (Å²) in [6.07, 6.45) is 3.96. The van der Waals surface area contributed by atoms with E-state index in [0.29, 0.717) is 18.2 Å². The van der Waals surface area contributed by atoms with Crippen molar-refractivity contribution >= 4 is 11.3 Å². The molecule has 1 atom stereocenters. The third-order valence-corrected chi connectivity index (χ3v) is 3.94. The van der Waals surface area contributed by atoms with E-state index < -0.39 is 0 Å². The highest BCUT2D eigenvalue weighted by molar-refractivity contribution is 7.09. The van der Waals surface area contributed by atoms with Gasteiger partial charge in [0.25, 0.3) is 0 Å². The minimum absolute atomic E-state index is 0.185. The van der Waals surface area contributed by atoms with Crippen LogP contribution in [0.15, 0.2) is 22.0 Å². The minimum Gasteiger partial charge on any atom is -0.339 e. The lowest BCUT2D eigenvalue weighted by atomic mass is 10.1. The first-order valence-corrected chi connectivity index (χ1v) is 6.78. The van der Waals surface area contributed by atoms with E-state index in [1.807, 2.05) is 6.07 Å². The highest BCUT2D eigenvalue weighted by Crippen LogP contribution is 2.32. The Balaban J connectivity index is 1.61. The molecule has 0 radical (unpaired) electrons. The predicted molar refractivity (Wildman–Crippen MR) is 65.8 cm³/mol. The summed E-state index contributed by atoms with van der Waals surface area (Å²) in [6, 6.07) is 4.30. The zero-order chi connectivity index (χ0) is 11.7. The minimum atomic E-state index is 0.185. The van der Waals surface area contributed by atoms with E-state index in [4.69, 9.17) is 10.3 Å². The maximum Gasteiger partial charge on any atom is 0.228 e. The van der Waals surface area contributed by atoms with Gasteiger partial charge in [-0.3, -0.25) is 0 Å². The molecular weight excluding hydrogens is 234 g/mol. The number of rotatable bonds is 5. The van der Waals surface area contributed by atoms with Crippen LogP contribution in [0, 0.1) is 5.92 Å². The Kier molecular flexibility index (Phi) is 2.94. The van der Waals surface area contributed by atoms with Crippen LogP contribution in [0.4, 0.5) is 0 Å². The van der Waals surface area contributed by atoms with E-state index in [1.54, 1.807) is 11.3 Å². The van der Waals surface area contributed by atoms with Crippen LogP contribution in [-0.2, 0) is 12.8 Å². The summed E-state index contributed by atoms with van der Waals surface area (Å²) in [7, 11) is 0. The molecule has 0 bridgehead atoms. The molecule has 0 amide bonds. The van der Waals surface area contributed by atoms with Crippen molar-refractivity contribution in [2.75, 3.05) is 0 Å². The molecule has 1 fully saturated rings. The second-order valence-electron chi connectivity index (χ2n) is 4.57. The maximum absolute atomic E-state index is 6.03. The number of aromatic nitrogens is 2. The van der Waals surface area contributed by atoms with Crippen LogP contribution in [0.1, 0.15) is 29.4 Å². The third-order valence-electron chi connectivity index (χ3n) is 3.06. The lowest BCUT2D eigenvalue weighted by Crippen LogP contribution is -2.25. The molecule has 2 aromatic rings. The van der Waals surface area contributed by atoms with E-state index in [2.05, 4.69) is 21.6 Å².